The highest BCUT2D eigenvalue weighted by molar-refractivity contribution is 7.07. The SMILES string of the molecule is NC(=O)[C@@H]1CC=CC[C@@H]1NC1CCN(c2ccc(-c3cscn3)cc2)CC1. The number of primary amides is 1. The normalized spacial score (nSPS) is 23.5. The van der Waals surface area contributed by atoms with Gasteiger partial charge < -0.3 is 16.0 Å². The van der Waals surface area contributed by atoms with Crippen molar-refractivity contribution in [3.63, 3.8) is 0 Å². The minimum absolute atomic E-state index is 0.0775. The fourth-order valence-electron chi connectivity index (χ4n) is 4.12. The van der Waals surface area contributed by atoms with Crippen LogP contribution in [0.4, 0.5) is 5.69 Å². The van der Waals surface area contributed by atoms with Crippen molar-refractivity contribution in [3.8, 4) is 11.3 Å². The lowest BCUT2D eigenvalue weighted by molar-refractivity contribution is -0.122. The second-order valence-electron chi connectivity index (χ2n) is 7.41. The first-order valence-corrected chi connectivity index (χ1v) is 10.6. The zero-order valence-corrected chi connectivity index (χ0v) is 16.2. The van der Waals surface area contributed by atoms with Crippen molar-refractivity contribution in [2.45, 2.75) is 37.8 Å². The Balaban J connectivity index is 1.32. The quantitative estimate of drug-likeness (QED) is 0.779. The van der Waals surface area contributed by atoms with Gasteiger partial charge in [0.2, 0.25) is 5.91 Å². The molecule has 4 rings (SSSR count). The molecule has 2 aliphatic rings. The summed E-state index contributed by atoms with van der Waals surface area (Å²) in [6.45, 7) is 2.05. The number of nitrogens with zero attached hydrogens (tertiary/aromatic N) is 2. The van der Waals surface area contributed by atoms with Crippen LogP contribution in [0.1, 0.15) is 25.7 Å². The van der Waals surface area contributed by atoms with Gasteiger partial charge in [0.1, 0.15) is 0 Å². The minimum Gasteiger partial charge on any atom is -0.371 e. The molecule has 1 aliphatic heterocycles. The first-order chi connectivity index (χ1) is 13.2. The predicted molar refractivity (Wildman–Crippen MR) is 111 cm³/mol. The summed E-state index contributed by atoms with van der Waals surface area (Å²) in [5.74, 6) is -0.263. The average molecular weight is 383 g/mol. The molecule has 27 heavy (non-hydrogen) atoms. The average Bonchev–Trinajstić information content (AvgIpc) is 3.24. The first-order valence-electron chi connectivity index (χ1n) is 9.64. The Hall–Kier alpha value is -2.18. The lowest BCUT2D eigenvalue weighted by Gasteiger charge is -2.37. The molecule has 142 valence electrons. The molecule has 0 radical (unpaired) electrons. The lowest BCUT2D eigenvalue weighted by Crippen LogP contribution is -2.51. The summed E-state index contributed by atoms with van der Waals surface area (Å²) in [5.41, 5.74) is 10.9. The largest absolute Gasteiger partial charge is 0.371 e. The lowest BCUT2D eigenvalue weighted by atomic mass is 9.87. The third kappa shape index (κ3) is 4.22. The van der Waals surface area contributed by atoms with Gasteiger partial charge in [-0.05, 0) is 37.8 Å². The van der Waals surface area contributed by atoms with Gasteiger partial charge in [0.25, 0.3) is 0 Å². The van der Waals surface area contributed by atoms with E-state index in [-0.39, 0.29) is 17.9 Å². The van der Waals surface area contributed by atoms with Crippen molar-refractivity contribution in [2.75, 3.05) is 18.0 Å². The monoisotopic (exact) mass is 382 g/mol. The van der Waals surface area contributed by atoms with E-state index in [1.165, 1.54) is 11.3 Å². The molecule has 0 unspecified atom stereocenters. The van der Waals surface area contributed by atoms with E-state index in [0.717, 1.165) is 44.5 Å². The summed E-state index contributed by atoms with van der Waals surface area (Å²) in [5, 5.41) is 5.78. The van der Waals surface area contributed by atoms with E-state index >= 15 is 0 Å². The number of thiazole rings is 1. The van der Waals surface area contributed by atoms with Gasteiger partial charge >= 0.3 is 0 Å². The number of carbonyl (C=O) groups excluding carboxylic acids is 1. The number of piperidine rings is 1. The smallest absolute Gasteiger partial charge is 0.222 e. The van der Waals surface area contributed by atoms with Crippen LogP contribution in [0.2, 0.25) is 0 Å². The van der Waals surface area contributed by atoms with Crippen molar-refractivity contribution in [3.05, 3.63) is 47.3 Å². The van der Waals surface area contributed by atoms with Crippen molar-refractivity contribution in [2.24, 2.45) is 11.7 Å². The van der Waals surface area contributed by atoms with Crippen LogP contribution in [0.25, 0.3) is 11.3 Å². The van der Waals surface area contributed by atoms with Gasteiger partial charge in [0, 0.05) is 41.8 Å². The van der Waals surface area contributed by atoms with Crippen molar-refractivity contribution < 1.29 is 4.79 Å². The van der Waals surface area contributed by atoms with E-state index in [9.17, 15) is 4.79 Å². The van der Waals surface area contributed by atoms with Crippen molar-refractivity contribution in [1.82, 2.24) is 10.3 Å². The highest BCUT2D eigenvalue weighted by atomic mass is 32.1. The van der Waals surface area contributed by atoms with Crippen LogP contribution in [0.3, 0.4) is 0 Å². The number of rotatable bonds is 5. The molecular formula is C21H26N4OS. The Labute approximate surface area is 164 Å². The third-order valence-electron chi connectivity index (χ3n) is 5.70. The van der Waals surface area contributed by atoms with E-state index in [4.69, 9.17) is 5.73 Å². The maximum absolute atomic E-state index is 11.7. The fraction of sp³-hybridized carbons (Fsp3) is 0.429. The van der Waals surface area contributed by atoms with Gasteiger partial charge in [-0.3, -0.25) is 4.79 Å². The Morgan fingerprint density at radius 3 is 2.56 bits per heavy atom. The molecule has 2 heterocycles. The summed E-state index contributed by atoms with van der Waals surface area (Å²) < 4.78 is 0. The molecule has 1 saturated heterocycles. The Kier molecular flexibility index (Phi) is 5.55. The maximum Gasteiger partial charge on any atom is 0.222 e. The predicted octanol–water partition coefficient (Wildman–Crippen LogP) is 3.19. The fourth-order valence-corrected chi connectivity index (χ4v) is 4.68. The van der Waals surface area contributed by atoms with Crippen LogP contribution in [-0.2, 0) is 4.79 Å². The number of anilines is 1. The molecule has 3 N–H and O–H groups in total. The number of benzene rings is 1. The second-order valence-corrected chi connectivity index (χ2v) is 8.13. The summed E-state index contributed by atoms with van der Waals surface area (Å²) in [7, 11) is 0. The summed E-state index contributed by atoms with van der Waals surface area (Å²) in [6, 6.07) is 9.33. The Morgan fingerprint density at radius 2 is 1.89 bits per heavy atom. The third-order valence-corrected chi connectivity index (χ3v) is 6.29. The van der Waals surface area contributed by atoms with Gasteiger partial charge in [0.15, 0.2) is 0 Å². The number of carbonyl (C=O) groups is 1. The number of hydrogen-bond donors (Lipinski definition) is 2. The number of allylic oxidation sites excluding steroid dienone is 1. The Bertz CT molecular complexity index is 779. The molecule has 6 heteroatoms. The van der Waals surface area contributed by atoms with Crippen molar-refractivity contribution >= 4 is 22.9 Å². The van der Waals surface area contributed by atoms with Gasteiger partial charge in [-0.2, -0.15) is 0 Å². The number of aromatic nitrogens is 1. The van der Waals surface area contributed by atoms with E-state index in [1.807, 2.05) is 5.51 Å². The molecule has 1 aromatic heterocycles. The second kappa shape index (κ2) is 8.23. The van der Waals surface area contributed by atoms with Crippen LogP contribution in [0.15, 0.2) is 47.3 Å². The molecule has 1 aromatic carbocycles. The molecule has 0 spiro atoms. The highest BCUT2D eigenvalue weighted by Crippen LogP contribution is 2.26. The first kappa shape index (κ1) is 18.2. The molecule has 0 saturated carbocycles. The maximum atomic E-state index is 11.7. The zero-order chi connectivity index (χ0) is 18.6. The molecule has 2 atom stereocenters. The highest BCUT2D eigenvalue weighted by Gasteiger charge is 2.30. The van der Waals surface area contributed by atoms with Gasteiger partial charge in [-0.25, -0.2) is 4.98 Å². The van der Waals surface area contributed by atoms with E-state index in [2.05, 4.69) is 57.0 Å². The number of nitrogens with two attached hydrogens (primary N) is 1. The van der Waals surface area contributed by atoms with E-state index in [1.54, 1.807) is 11.3 Å². The van der Waals surface area contributed by atoms with Gasteiger partial charge in [-0.15, -0.1) is 11.3 Å². The summed E-state index contributed by atoms with van der Waals surface area (Å²) in [4.78, 5) is 18.5. The minimum atomic E-state index is -0.186. The van der Waals surface area contributed by atoms with E-state index in [0.29, 0.717) is 6.04 Å². The summed E-state index contributed by atoms with van der Waals surface area (Å²) in [6.07, 6.45) is 8.06. The van der Waals surface area contributed by atoms with Crippen LogP contribution in [0, 0.1) is 5.92 Å². The van der Waals surface area contributed by atoms with E-state index < -0.39 is 0 Å². The molecule has 5 nitrogen and oxygen atoms in total. The van der Waals surface area contributed by atoms with Gasteiger partial charge in [0.05, 0.1) is 17.1 Å². The number of nitrogens with one attached hydrogen (secondary N) is 1. The molecular weight excluding hydrogens is 356 g/mol. The van der Waals surface area contributed by atoms with Crippen molar-refractivity contribution in [1.29, 1.82) is 0 Å². The van der Waals surface area contributed by atoms with Crippen LogP contribution >= 0.6 is 11.3 Å². The van der Waals surface area contributed by atoms with Crippen LogP contribution < -0.4 is 16.0 Å². The number of hydrogen-bond acceptors (Lipinski definition) is 5. The topological polar surface area (TPSA) is 71.2 Å². The molecule has 1 aliphatic carbocycles. The molecule has 1 fully saturated rings. The molecule has 2 aromatic rings. The van der Waals surface area contributed by atoms with Crippen LogP contribution in [-0.4, -0.2) is 36.1 Å². The molecule has 0 bridgehead atoms. The summed E-state index contributed by atoms with van der Waals surface area (Å²) >= 11 is 1.62. The zero-order valence-electron chi connectivity index (χ0n) is 15.4. The standard InChI is InChI=1S/C21H26N4OS/c22-21(26)18-3-1-2-4-19(18)24-16-9-11-25(12-10-16)17-7-5-15(6-8-17)20-13-27-14-23-20/h1-2,5-8,13-14,16,18-19,24H,3-4,9-12H2,(H2,22,26)/t18-,19+/m1/s1. The Morgan fingerprint density at radius 1 is 1.15 bits per heavy atom. The molecule has 1 amide bonds. The van der Waals surface area contributed by atoms with Crippen LogP contribution in [0.5, 0.6) is 0 Å². The number of amides is 1. The van der Waals surface area contributed by atoms with Gasteiger partial charge in [-0.1, -0.05) is 24.3 Å².